The molecule has 0 radical (unpaired) electrons. The minimum Gasteiger partial charge on any atom is -0.308 e. The summed E-state index contributed by atoms with van der Waals surface area (Å²) >= 11 is 0. The Morgan fingerprint density at radius 1 is 1.00 bits per heavy atom. The lowest BCUT2D eigenvalue weighted by atomic mass is 10.2. The van der Waals surface area contributed by atoms with Crippen LogP contribution in [-0.2, 0) is 11.3 Å². The summed E-state index contributed by atoms with van der Waals surface area (Å²) in [5, 5.41) is 0. The van der Waals surface area contributed by atoms with E-state index in [4.69, 9.17) is 0 Å². The molecule has 0 heterocycles. The minimum absolute atomic E-state index is 0.0612. The highest BCUT2D eigenvalue weighted by atomic mass is 19.2. The fraction of sp³-hybridized carbons (Fsp3) is 0.0714. The molecule has 2 aromatic carbocycles. The van der Waals surface area contributed by atoms with Crippen molar-refractivity contribution in [1.82, 2.24) is 0 Å². The molecule has 0 saturated heterocycles. The second kappa shape index (κ2) is 5.40. The highest BCUT2D eigenvalue weighted by Gasteiger charge is 2.14. The summed E-state index contributed by atoms with van der Waals surface area (Å²) in [6.45, 7) is 0.199. The van der Waals surface area contributed by atoms with Crippen molar-refractivity contribution in [3.63, 3.8) is 0 Å². The number of hydrogen-bond acceptors (Lipinski definition) is 1. The Morgan fingerprint density at radius 3 is 2.39 bits per heavy atom. The number of anilines is 1. The zero-order chi connectivity index (χ0) is 13.0. The van der Waals surface area contributed by atoms with E-state index >= 15 is 0 Å². The van der Waals surface area contributed by atoms with Crippen molar-refractivity contribution >= 4 is 12.1 Å². The van der Waals surface area contributed by atoms with Gasteiger partial charge in [-0.15, -0.1) is 0 Å². The number of hydrogen-bond donors (Lipinski definition) is 0. The third kappa shape index (κ3) is 2.53. The largest absolute Gasteiger partial charge is 0.308 e. The quantitative estimate of drug-likeness (QED) is 0.760. The molecule has 0 atom stereocenters. The van der Waals surface area contributed by atoms with Crippen LogP contribution in [-0.4, -0.2) is 6.41 Å². The second-order valence-electron chi connectivity index (χ2n) is 3.79. The molecule has 0 aliphatic heterocycles. The first kappa shape index (κ1) is 12.2. The zero-order valence-electron chi connectivity index (χ0n) is 9.51. The summed E-state index contributed by atoms with van der Waals surface area (Å²) in [4.78, 5) is 12.1. The summed E-state index contributed by atoms with van der Waals surface area (Å²) in [7, 11) is 0. The highest BCUT2D eigenvalue weighted by Crippen LogP contribution is 2.21. The van der Waals surface area contributed by atoms with Gasteiger partial charge >= 0.3 is 0 Å². The van der Waals surface area contributed by atoms with E-state index < -0.39 is 11.6 Å². The highest BCUT2D eigenvalue weighted by molar-refractivity contribution is 5.75. The van der Waals surface area contributed by atoms with E-state index in [-0.39, 0.29) is 12.2 Å². The van der Waals surface area contributed by atoms with Gasteiger partial charge in [-0.3, -0.25) is 4.79 Å². The van der Waals surface area contributed by atoms with Crippen molar-refractivity contribution in [3.8, 4) is 0 Å². The molecule has 0 aliphatic rings. The first-order valence-electron chi connectivity index (χ1n) is 5.42. The maximum atomic E-state index is 13.6. The van der Waals surface area contributed by atoms with E-state index in [1.165, 1.54) is 12.1 Å². The van der Waals surface area contributed by atoms with Crippen LogP contribution < -0.4 is 4.90 Å². The van der Waals surface area contributed by atoms with E-state index in [0.29, 0.717) is 6.41 Å². The molecule has 0 N–H and O–H groups in total. The van der Waals surface area contributed by atoms with Gasteiger partial charge < -0.3 is 4.90 Å². The van der Waals surface area contributed by atoms with Gasteiger partial charge in [0.2, 0.25) is 6.41 Å². The topological polar surface area (TPSA) is 20.3 Å². The molecule has 0 saturated carbocycles. The van der Waals surface area contributed by atoms with Crippen LogP contribution in [0.25, 0.3) is 0 Å². The van der Waals surface area contributed by atoms with Crippen LogP contribution in [0.15, 0.2) is 48.5 Å². The molecule has 0 unspecified atom stereocenters. The molecule has 4 heteroatoms. The Hall–Kier alpha value is -2.23. The van der Waals surface area contributed by atoms with Crippen LogP contribution in [0, 0.1) is 11.6 Å². The molecule has 2 aromatic rings. The third-order valence-electron chi connectivity index (χ3n) is 2.56. The fourth-order valence-electron chi connectivity index (χ4n) is 1.67. The lowest BCUT2D eigenvalue weighted by Crippen LogP contribution is -2.21. The van der Waals surface area contributed by atoms with Crippen LogP contribution in [0.3, 0.4) is 0 Å². The zero-order valence-corrected chi connectivity index (χ0v) is 9.51. The summed E-state index contributed by atoms with van der Waals surface area (Å²) < 4.78 is 26.7. The number of nitrogens with zero attached hydrogens (tertiary/aromatic N) is 1. The molecule has 0 aromatic heterocycles. The number of rotatable bonds is 4. The summed E-state index contributed by atoms with van der Waals surface area (Å²) in [5.74, 6) is -1.98. The van der Waals surface area contributed by atoms with E-state index in [1.807, 2.05) is 30.3 Å². The molecule has 2 rings (SSSR count). The number of amides is 1. The number of halogens is 2. The Labute approximate surface area is 103 Å². The number of carbonyl (C=O) groups excluding carboxylic acids is 1. The smallest absolute Gasteiger partial charge is 0.214 e. The Kier molecular flexibility index (Phi) is 3.67. The molecule has 0 bridgehead atoms. The van der Waals surface area contributed by atoms with Crippen LogP contribution >= 0.6 is 0 Å². The van der Waals surface area contributed by atoms with Crippen molar-refractivity contribution in [3.05, 3.63) is 65.7 Å². The van der Waals surface area contributed by atoms with Gasteiger partial charge in [-0.2, -0.15) is 0 Å². The maximum absolute atomic E-state index is 13.6. The van der Waals surface area contributed by atoms with Crippen molar-refractivity contribution in [1.29, 1.82) is 0 Å². The monoisotopic (exact) mass is 247 g/mol. The van der Waals surface area contributed by atoms with Crippen LogP contribution in [0.4, 0.5) is 14.5 Å². The molecule has 2 nitrogen and oxygen atoms in total. The van der Waals surface area contributed by atoms with Gasteiger partial charge in [0, 0.05) is 0 Å². The van der Waals surface area contributed by atoms with Gasteiger partial charge in [0.05, 0.1) is 12.2 Å². The van der Waals surface area contributed by atoms with E-state index in [9.17, 15) is 13.6 Å². The molecule has 18 heavy (non-hydrogen) atoms. The van der Waals surface area contributed by atoms with Crippen molar-refractivity contribution in [2.75, 3.05) is 4.90 Å². The molecular formula is C14H11F2NO. The van der Waals surface area contributed by atoms with E-state index in [2.05, 4.69) is 0 Å². The lowest BCUT2D eigenvalue weighted by Gasteiger charge is -2.18. The van der Waals surface area contributed by atoms with Crippen LogP contribution in [0.1, 0.15) is 5.56 Å². The van der Waals surface area contributed by atoms with Gasteiger partial charge in [-0.1, -0.05) is 36.4 Å². The second-order valence-corrected chi connectivity index (χ2v) is 3.79. The van der Waals surface area contributed by atoms with E-state index in [0.717, 1.165) is 16.5 Å². The van der Waals surface area contributed by atoms with Gasteiger partial charge in [0.1, 0.15) is 0 Å². The number of benzene rings is 2. The predicted molar refractivity (Wildman–Crippen MR) is 65.0 cm³/mol. The number of carbonyl (C=O) groups is 1. The molecule has 92 valence electrons. The predicted octanol–water partition coefficient (Wildman–Crippen LogP) is 3.13. The summed E-state index contributed by atoms with van der Waals surface area (Å²) in [6, 6.07) is 12.9. The van der Waals surface area contributed by atoms with Gasteiger partial charge in [-0.25, -0.2) is 8.78 Å². The molecule has 0 spiro atoms. The summed E-state index contributed by atoms with van der Waals surface area (Å²) in [5.41, 5.74) is 0.780. The van der Waals surface area contributed by atoms with Crippen molar-refractivity contribution < 1.29 is 13.6 Å². The average molecular weight is 247 g/mol. The molecule has 0 aliphatic carbocycles. The fourth-order valence-corrected chi connectivity index (χ4v) is 1.67. The van der Waals surface area contributed by atoms with Crippen LogP contribution in [0.5, 0.6) is 0 Å². The molecular weight excluding hydrogens is 236 g/mol. The first-order chi connectivity index (χ1) is 8.72. The standard InChI is InChI=1S/C14H11F2NO/c15-12-7-4-8-13(14(12)16)17(10-18)9-11-5-2-1-3-6-11/h1-8,10H,9H2. The first-order valence-corrected chi connectivity index (χ1v) is 5.42. The maximum Gasteiger partial charge on any atom is 0.214 e. The summed E-state index contributed by atoms with van der Waals surface area (Å²) in [6.07, 6.45) is 0.491. The Balaban J connectivity index is 2.29. The van der Waals surface area contributed by atoms with Gasteiger partial charge in [0.15, 0.2) is 11.6 Å². The van der Waals surface area contributed by atoms with Crippen LogP contribution in [0.2, 0.25) is 0 Å². The average Bonchev–Trinajstić information content (AvgIpc) is 2.41. The minimum atomic E-state index is -1.01. The third-order valence-corrected chi connectivity index (χ3v) is 2.56. The molecule has 1 amide bonds. The van der Waals surface area contributed by atoms with Gasteiger partial charge in [-0.05, 0) is 17.7 Å². The van der Waals surface area contributed by atoms with Crippen molar-refractivity contribution in [2.24, 2.45) is 0 Å². The molecule has 0 fully saturated rings. The van der Waals surface area contributed by atoms with Gasteiger partial charge in [0.25, 0.3) is 0 Å². The lowest BCUT2D eigenvalue weighted by molar-refractivity contribution is -0.107. The normalized spacial score (nSPS) is 10.1. The van der Waals surface area contributed by atoms with E-state index in [1.54, 1.807) is 0 Å². The van der Waals surface area contributed by atoms with Crippen molar-refractivity contribution in [2.45, 2.75) is 6.54 Å². The Bertz CT molecular complexity index is 543. The Morgan fingerprint density at radius 2 is 1.72 bits per heavy atom. The SMILES string of the molecule is O=CN(Cc1ccccc1)c1cccc(F)c1F.